The predicted molar refractivity (Wildman–Crippen MR) is 77.6 cm³/mol. The molecule has 0 saturated heterocycles. The van der Waals surface area contributed by atoms with Gasteiger partial charge in [0.1, 0.15) is 5.75 Å². The summed E-state index contributed by atoms with van der Waals surface area (Å²) in [6, 6.07) is 14.3. The van der Waals surface area contributed by atoms with Crippen molar-refractivity contribution in [3.8, 4) is 11.8 Å². The first-order chi connectivity index (χ1) is 10.6. The van der Waals surface area contributed by atoms with Crippen LogP contribution in [0.15, 0.2) is 54.6 Å². The molecule has 0 aliphatic rings. The smallest absolute Gasteiger partial charge is 0.387 e. The number of nitrogens with zero attached hydrogens (tertiary/aromatic N) is 1. The first-order valence-corrected chi connectivity index (χ1v) is 6.36. The average molecular weight is 299 g/mol. The van der Waals surface area contributed by atoms with Gasteiger partial charge < -0.3 is 4.74 Å². The molecule has 3 nitrogen and oxygen atoms in total. The Labute approximate surface area is 126 Å². The van der Waals surface area contributed by atoms with Crippen molar-refractivity contribution < 1.29 is 18.3 Å². The number of carbonyl (C=O) groups is 1. The molecular weight excluding hydrogens is 288 g/mol. The molecule has 0 aliphatic heterocycles. The van der Waals surface area contributed by atoms with E-state index in [1.807, 2.05) is 6.07 Å². The molecule has 0 aliphatic carbocycles. The number of carbonyl (C=O) groups excluding carboxylic acids is 1. The zero-order chi connectivity index (χ0) is 15.9. The van der Waals surface area contributed by atoms with Crippen LogP contribution >= 0.6 is 0 Å². The number of benzene rings is 2. The van der Waals surface area contributed by atoms with E-state index >= 15 is 0 Å². The first-order valence-electron chi connectivity index (χ1n) is 6.36. The molecule has 0 fully saturated rings. The number of ether oxygens (including phenoxy) is 1. The van der Waals surface area contributed by atoms with Crippen LogP contribution in [0.1, 0.15) is 21.5 Å². The van der Waals surface area contributed by atoms with Crippen LogP contribution in [0.25, 0.3) is 6.08 Å². The van der Waals surface area contributed by atoms with Gasteiger partial charge in [0.2, 0.25) is 0 Å². The summed E-state index contributed by atoms with van der Waals surface area (Å²) in [5.74, 6) is -0.190. The average Bonchev–Trinajstić information content (AvgIpc) is 2.53. The summed E-state index contributed by atoms with van der Waals surface area (Å²) in [4.78, 5) is 12.0. The van der Waals surface area contributed by atoms with Crippen LogP contribution in [-0.4, -0.2) is 12.4 Å². The number of allylic oxidation sites excluding steroid dienone is 1. The fraction of sp³-hybridized carbons (Fsp3) is 0.0588. The van der Waals surface area contributed by atoms with Gasteiger partial charge in [0, 0.05) is 5.56 Å². The van der Waals surface area contributed by atoms with Gasteiger partial charge in [-0.1, -0.05) is 30.3 Å². The SMILES string of the molecule is N#Cc1cccc(C(=O)/C=C/c2ccc(OC(F)F)cc2)c1. The van der Waals surface area contributed by atoms with Crippen molar-refractivity contribution in [2.45, 2.75) is 6.61 Å². The number of ketones is 1. The number of nitriles is 1. The molecule has 2 aromatic carbocycles. The Morgan fingerprint density at radius 2 is 1.91 bits per heavy atom. The summed E-state index contributed by atoms with van der Waals surface area (Å²) in [5, 5.41) is 8.80. The third kappa shape index (κ3) is 4.25. The standard InChI is InChI=1S/C17H11F2NO2/c18-17(19)22-15-7-4-12(5-8-15)6-9-16(21)14-3-1-2-13(10-14)11-20/h1-10,17H/b9-6+. The van der Waals surface area contributed by atoms with E-state index in [0.717, 1.165) is 0 Å². The first kappa shape index (κ1) is 15.4. The lowest BCUT2D eigenvalue weighted by atomic mass is 10.1. The zero-order valence-electron chi connectivity index (χ0n) is 11.4. The van der Waals surface area contributed by atoms with Crippen LogP contribution in [-0.2, 0) is 0 Å². The number of hydrogen-bond acceptors (Lipinski definition) is 3. The summed E-state index contributed by atoms with van der Waals surface area (Å²) >= 11 is 0. The van der Waals surface area contributed by atoms with Crippen molar-refractivity contribution in [2.24, 2.45) is 0 Å². The van der Waals surface area contributed by atoms with E-state index in [2.05, 4.69) is 4.74 Å². The molecule has 5 heteroatoms. The number of halogens is 2. The quantitative estimate of drug-likeness (QED) is 0.618. The van der Waals surface area contributed by atoms with E-state index in [1.165, 1.54) is 24.3 Å². The lowest BCUT2D eigenvalue weighted by molar-refractivity contribution is -0.0498. The maximum absolute atomic E-state index is 12.0. The Kier molecular flexibility index (Phi) is 4.99. The summed E-state index contributed by atoms with van der Waals surface area (Å²) in [5.41, 5.74) is 1.49. The maximum Gasteiger partial charge on any atom is 0.387 e. The van der Waals surface area contributed by atoms with Crippen LogP contribution < -0.4 is 4.74 Å². The lowest BCUT2D eigenvalue weighted by Crippen LogP contribution is -2.01. The molecule has 0 bridgehead atoms. The largest absolute Gasteiger partial charge is 0.435 e. The summed E-state index contributed by atoms with van der Waals surface area (Å²) in [7, 11) is 0. The highest BCUT2D eigenvalue weighted by molar-refractivity contribution is 6.07. The molecule has 2 rings (SSSR count). The third-order valence-electron chi connectivity index (χ3n) is 2.81. The summed E-state index contributed by atoms with van der Waals surface area (Å²) in [6.07, 6.45) is 2.92. The Hall–Kier alpha value is -3.00. The highest BCUT2D eigenvalue weighted by Gasteiger charge is 2.04. The van der Waals surface area contributed by atoms with Gasteiger partial charge in [-0.3, -0.25) is 4.79 Å². The van der Waals surface area contributed by atoms with E-state index in [9.17, 15) is 13.6 Å². The van der Waals surface area contributed by atoms with Crippen molar-refractivity contribution in [3.05, 3.63) is 71.3 Å². The van der Waals surface area contributed by atoms with Gasteiger partial charge in [-0.15, -0.1) is 0 Å². The molecule has 0 amide bonds. The Morgan fingerprint density at radius 3 is 2.55 bits per heavy atom. The van der Waals surface area contributed by atoms with E-state index in [-0.39, 0.29) is 11.5 Å². The van der Waals surface area contributed by atoms with Gasteiger partial charge in [-0.05, 0) is 35.9 Å². The fourth-order valence-electron chi connectivity index (χ4n) is 1.77. The van der Waals surface area contributed by atoms with Crippen LogP contribution in [0.3, 0.4) is 0 Å². The van der Waals surface area contributed by atoms with E-state index in [0.29, 0.717) is 16.7 Å². The minimum atomic E-state index is -2.87. The molecule has 0 aromatic heterocycles. The molecule has 0 unspecified atom stereocenters. The number of alkyl halides is 2. The molecule has 2 aromatic rings. The van der Waals surface area contributed by atoms with E-state index in [1.54, 1.807) is 36.4 Å². The van der Waals surface area contributed by atoms with Crippen molar-refractivity contribution in [1.82, 2.24) is 0 Å². The molecule has 0 saturated carbocycles. The van der Waals surface area contributed by atoms with Crippen molar-refractivity contribution in [3.63, 3.8) is 0 Å². The monoisotopic (exact) mass is 299 g/mol. The normalized spacial score (nSPS) is 10.6. The van der Waals surface area contributed by atoms with Gasteiger partial charge in [-0.25, -0.2) is 0 Å². The van der Waals surface area contributed by atoms with Crippen molar-refractivity contribution in [1.29, 1.82) is 5.26 Å². The second-order valence-corrected chi connectivity index (χ2v) is 4.34. The molecule has 0 atom stereocenters. The minimum absolute atomic E-state index is 0.0557. The molecule has 22 heavy (non-hydrogen) atoms. The third-order valence-corrected chi connectivity index (χ3v) is 2.81. The Morgan fingerprint density at radius 1 is 1.18 bits per heavy atom. The van der Waals surface area contributed by atoms with Gasteiger partial charge >= 0.3 is 6.61 Å². The zero-order valence-corrected chi connectivity index (χ0v) is 11.4. The van der Waals surface area contributed by atoms with E-state index < -0.39 is 6.61 Å². The van der Waals surface area contributed by atoms with Crippen LogP contribution in [0.4, 0.5) is 8.78 Å². The molecular formula is C17H11F2NO2. The second kappa shape index (κ2) is 7.14. The van der Waals surface area contributed by atoms with Crippen LogP contribution in [0.5, 0.6) is 5.75 Å². The second-order valence-electron chi connectivity index (χ2n) is 4.34. The summed E-state index contributed by atoms with van der Waals surface area (Å²) < 4.78 is 28.3. The highest BCUT2D eigenvalue weighted by Crippen LogP contribution is 2.16. The Bertz CT molecular complexity index is 731. The van der Waals surface area contributed by atoms with Crippen LogP contribution in [0.2, 0.25) is 0 Å². The Balaban J connectivity index is 2.07. The van der Waals surface area contributed by atoms with Gasteiger partial charge in [0.15, 0.2) is 5.78 Å². The topological polar surface area (TPSA) is 50.1 Å². The van der Waals surface area contributed by atoms with Crippen LogP contribution in [0, 0.1) is 11.3 Å². The highest BCUT2D eigenvalue weighted by atomic mass is 19.3. The maximum atomic E-state index is 12.0. The summed E-state index contributed by atoms with van der Waals surface area (Å²) in [6.45, 7) is -2.87. The number of rotatable bonds is 5. The predicted octanol–water partition coefficient (Wildman–Crippen LogP) is 4.06. The van der Waals surface area contributed by atoms with Gasteiger partial charge in [0.25, 0.3) is 0 Å². The van der Waals surface area contributed by atoms with Crippen molar-refractivity contribution >= 4 is 11.9 Å². The lowest BCUT2D eigenvalue weighted by Gasteiger charge is -2.03. The minimum Gasteiger partial charge on any atom is -0.435 e. The molecule has 0 radical (unpaired) electrons. The molecule has 110 valence electrons. The molecule has 0 N–H and O–H groups in total. The van der Waals surface area contributed by atoms with Gasteiger partial charge in [-0.2, -0.15) is 14.0 Å². The molecule has 0 heterocycles. The van der Waals surface area contributed by atoms with Gasteiger partial charge in [0.05, 0.1) is 11.6 Å². The van der Waals surface area contributed by atoms with Crippen molar-refractivity contribution in [2.75, 3.05) is 0 Å². The van der Waals surface area contributed by atoms with E-state index in [4.69, 9.17) is 5.26 Å². The number of hydrogen-bond donors (Lipinski definition) is 0. The molecule has 0 spiro atoms. The fourth-order valence-corrected chi connectivity index (χ4v) is 1.77.